The third kappa shape index (κ3) is 3.04. The van der Waals surface area contributed by atoms with E-state index in [-0.39, 0.29) is 16.2 Å². The zero-order chi connectivity index (χ0) is 14.9. The quantitative estimate of drug-likeness (QED) is 0.851. The first-order valence-electron chi connectivity index (χ1n) is 5.91. The number of hydrogen-bond acceptors (Lipinski definition) is 1. The minimum atomic E-state index is -0.390. The maximum Gasteiger partial charge on any atom is 0.255 e. The van der Waals surface area contributed by atoms with Crippen LogP contribution in [0.15, 0.2) is 34.8 Å². The zero-order valence-electron chi connectivity index (χ0n) is 10.9. The van der Waals surface area contributed by atoms with Crippen molar-refractivity contribution in [2.45, 2.75) is 13.8 Å². The topological polar surface area (TPSA) is 29.1 Å². The number of benzene rings is 2. The van der Waals surface area contributed by atoms with Crippen LogP contribution in [0, 0.1) is 25.5 Å². The lowest BCUT2D eigenvalue weighted by atomic mass is 10.1. The Morgan fingerprint density at radius 2 is 1.80 bits per heavy atom. The van der Waals surface area contributed by atoms with Gasteiger partial charge in [-0.2, -0.15) is 0 Å². The summed E-state index contributed by atoms with van der Waals surface area (Å²) in [5.74, 6) is -1.14. The van der Waals surface area contributed by atoms with Gasteiger partial charge >= 0.3 is 0 Å². The van der Waals surface area contributed by atoms with Crippen LogP contribution < -0.4 is 5.32 Å². The standard InChI is InChI=1S/C15H12BrF2NO/c1-8-5-10(17)3-4-11(8)15(20)19-14-7-12(16)13(18)6-9(14)2/h3-7H,1-2H3,(H,19,20). The summed E-state index contributed by atoms with van der Waals surface area (Å²) in [5.41, 5.74) is 2.04. The van der Waals surface area contributed by atoms with Gasteiger partial charge in [-0.3, -0.25) is 4.79 Å². The molecular formula is C15H12BrF2NO. The van der Waals surface area contributed by atoms with Crippen LogP contribution in [0.4, 0.5) is 14.5 Å². The Morgan fingerprint density at radius 1 is 1.10 bits per heavy atom. The second-order valence-corrected chi connectivity index (χ2v) is 5.35. The van der Waals surface area contributed by atoms with Crippen LogP contribution in [-0.4, -0.2) is 5.91 Å². The molecule has 0 radical (unpaired) electrons. The fraction of sp³-hybridized carbons (Fsp3) is 0.133. The number of hydrogen-bond donors (Lipinski definition) is 1. The Labute approximate surface area is 123 Å². The lowest BCUT2D eigenvalue weighted by Crippen LogP contribution is -2.14. The summed E-state index contributed by atoms with van der Waals surface area (Å²) in [7, 11) is 0. The molecule has 0 saturated carbocycles. The van der Waals surface area contributed by atoms with E-state index < -0.39 is 5.82 Å². The molecule has 104 valence electrons. The molecule has 0 aliphatic heterocycles. The van der Waals surface area contributed by atoms with Crippen LogP contribution in [0.5, 0.6) is 0 Å². The fourth-order valence-corrected chi connectivity index (χ4v) is 2.20. The number of amides is 1. The molecule has 1 amide bonds. The number of rotatable bonds is 2. The van der Waals surface area contributed by atoms with Crippen molar-refractivity contribution in [3.63, 3.8) is 0 Å². The molecule has 0 aliphatic carbocycles. The molecule has 5 heteroatoms. The molecule has 0 spiro atoms. The van der Waals surface area contributed by atoms with E-state index in [1.54, 1.807) is 13.8 Å². The first-order valence-corrected chi connectivity index (χ1v) is 6.71. The number of aryl methyl sites for hydroxylation is 2. The van der Waals surface area contributed by atoms with Crippen molar-refractivity contribution in [2.24, 2.45) is 0 Å². The van der Waals surface area contributed by atoms with E-state index in [0.29, 0.717) is 22.4 Å². The van der Waals surface area contributed by atoms with Gasteiger partial charge in [0, 0.05) is 11.3 Å². The number of carbonyl (C=O) groups excluding carboxylic acids is 1. The summed E-state index contributed by atoms with van der Waals surface area (Å²) in [6, 6.07) is 6.78. The van der Waals surface area contributed by atoms with Crippen LogP contribution >= 0.6 is 15.9 Å². The molecule has 0 fully saturated rings. The summed E-state index contributed by atoms with van der Waals surface area (Å²) < 4.78 is 26.6. The summed E-state index contributed by atoms with van der Waals surface area (Å²) >= 11 is 3.07. The van der Waals surface area contributed by atoms with Gasteiger partial charge in [0.15, 0.2) is 0 Å². The fourth-order valence-electron chi connectivity index (χ4n) is 1.85. The minimum absolute atomic E-state index is 0.272. The molecule has 0 atom stereocenters. The van der Waals surface area contributed by atoms with Gasteiger partial charge in [-0.1, -0.05) is 0 Å². The Hall–Kier alpha value is -1.75. The van der Waals surface area contributed by atoms with Crippen molar-refractivity contribution in [2.75, 3.05) is 5.32 Å². The highest BCUT2D eigenvalue weighted by molar-refractivity contribution is 9.10. The van der Waals surface area contributed by atoms with Crippen LogP contribution in [0.2, 0.25) is 0 Å². The molecule has 0 saturated heterocycles. The molecule has 2 aromatic rings. The molecule has 0 aliphatic rings. The summed E-state index contributed by atoms with van der Waals surface area (Å²) in [4.78, 5) is 12.2. The molecule has 20 heavy (non-hydrogen) atoms. The van der Waals surface area contributed by atoms with Gasteiger partial charge in [0.2, 0.25) is 0 Å². The van der Waals surface area contributed by atoms with E-state index in [9.17, 15) is 13.6 Å². The van der Waals surface area contributed by atoms with Crippen LogP contribution in [-0.2, 0) is 0 Å². The Kier molecular flexibility index (Phi) is 4.18. The summed E-state index contributed by atoms with van der Waals surface area (Å²) in [6.45, 7) is 3.36. The highest BCUT2D eigenvalue weighted by atomic mass is 79.9. The molecule has 0 bridgehead atoms. The number of nitrogens with one attached hydrogen (secondary N) is 1. The van der Waals surface area contributed by atoms with E-state index in [0.717, 1.165) is 0 Å². The molecule has 1 N–H and O–H groups in total. The van der Waals surface area contributed by atoms with Gasteiger partial charge < -0.3 is 5.32 Å². The summed E-state index contributed by atoms with van der Waals surface area (Å²) in [5, 5.41) is 2.70. The number of halogens is 3. The van der Waals surface area contributed by atoms with E-state index >= 15 is 0 Å². The first-order chi connectivity index (χ1) is 9.38. The van der Waals surface area contributed by atoms with E-state index in [4.69, 9.17) is 0 Å². The Morgan fingerprint density at radius 3 is 2.45 bits per heavy atom. The van der Waals surface area contributed by atoms with Crippen LogP contribution in [0.1, 0.15) is 21.5 Å². The lowest BCUT2D eigenvalue weighted by molar-refractivity contribution is 0.102. The molecular weight excluding hydrogens is 328 g/mol. The van der Waals surface area contributed by atoms with Gasteiger partial charge in [0.25, 0.3) is 5.91 Å². The highest BCUT2D eigenvalue weighted by Gasteiger charge is 2.12. The molecule has 0 heterocycles. The predicted molar refractivity (Wildman–Crippen MR) is 77.9 cm³/mol. The normalized spacial score (nSPS) is 10.4. The number of carbonyl (C=O) groups is 1. The molecule has 0 aromatic heterocycles. The van der Waals surface area contributed by atoms with E-state index in [1.165, 1.54) is 30.3 Å². The maximum absolute atomic E-state index is 13.3. The molecule has 2 aromatic carbocycles. The Bertz CT molecular complexity index is 686. The van der Waals surface area contributed by atoms with Crippen LogP contribution in [0.3, 0.4) is 0 Å². The third-order valence-electron chi connectivity index (χ3n) is 2.95. The monoisotopic (exact) mass is 339 g/mol. The largest absolute Gasteiger partial charge is 0.322 e. The van der Waals surface area contributed by atoms with Crippen molar-refractivity contribution < 1.29 is 13.6 Å². The van der Waals surface area contributed by atoms with E-state index in [2.05, 4.69) is 21.2 Å². The van der Waals surface area contributed by atoms with Crippen molar-refractivity contribution in [1.82, 2.24) is 0 Å². The van der Waals surface area contributed by atoms with E-state index in [1.807, 2.05) is 0 Å². The van der Waals surface area contributed by atoms with Gasteiger partial charge in [0.05, 0.1) is 4.47 Å². The summed E-state index contributed by atoms with van der Waals surface area (Å²) in [6.07, 6.45) is 0. The number of anilines is 1. The third-order valence-corrected chi connectivity index (χ3v) is 3.56. The van der Waals surface area contributed by atoms with Gasteiger partial charge in [-0.25, -0.2) is 8.78 Å². The second kappa shape index (κ2) is 5.71. The Balaban J connectivity index is 2.30. The average Bonchev–Trinajstić information content (AvgIpc) is 2.35. The van der Waals surface area contributed by atoms with Crippen molar-refractivity contribution in [3.05, 3.63) is 63.1 Å². The van der Waals surface area contributed by atoms with Crippen molar-refractivity contribution >= 4 is 27.5 Å². The SMILES string of the molecule is Cc1cc(F)c(Br)cc1NC(=O)c1ccc(F)cc1C. The second-order valence-electron chi connectivity index (χ2n) is 4.49. The van der Waals surface area contributed by atoms with Gasteiger partial charge in [0.1, 0.15) is 11.6 Å². The smallest absolute Gasteiger partial charge is 0.255 e. The predicted octanol–water partition coefficient (Wildman–Crippen LogP) is 4.60. The zero-order valence-corrected chi connectivity index (χ0v) is 12.5. The maximum atomic E-state index is 13.3. The molecule has 2 rings (SSSR count). The van der Waals surface area contributed by atoms with Gasteiger partial charge in [-0.05, 0) is 71.2 Å². The molecule has 2 nitrogen and oxygen atoms in total. The molecule has 0 unspecified atom stereocenters. The minimum Gasteiger partial charge on any atom is -0.322 e. The highest BCUT2D eigenvalue weighted by Crippen LogP contribution is 2.25. The van der Waals surface area contributed by atoms with Crippen LogP contribution in [0.25, 0.3) is 0 Å². The lowest BCUT2D eigenvalue weighted by Gasteiger charge is -2.11. The van der Waals surface area contributed by atoms with Crippen molar-refractivity contribution in [1.29, 1.82) is 0 Å². The van der Waals surface area contributed by atoms with Gasteiger partial charge in [-0.15, -0.1) is 0 Å². The average molecular weight is 340 g/mol. The van der Waals surface area contributed by atoms with Crippen molar-refractivity contribution in [3.8, 4) is 0 Å². The first kappa shape index (κ1) is 14.7.